The third kappa shape index (κ3) is 4.29. The number of benzene rings is 1. The normalized spacial score (nSPS) is 10.4. The SMILES string of the molecule is CC(C)(C)NC(=O)c1ccccc1C#CCN. The Labute approximate surface area is 102 Å². The van der Waals surface area contributed by atoms with Crippen molar-refractivity contribution in [3.63, 3.8) is 0 Å². The molecule has 3 N–H and O–H groups in total. The molecule has 0 heterocycles. The molecule has 17 heavy (non-hydrogen) atoms. The first-order valence-corrected chi connectivity index (χ1v) is 5.54. The first-order chi connectivity index (χ1) is 7.94. The summed E-state index contributed by atoms with van der Waals surface area (Å²) in [6.07, 6.45) is 0. The molecule has 0 unspecified atom stereocenters. The smallest absolute Gasteiger partial charge is 0.252 e. The van der Waals surface area contributed by atoms with Crippen molar-refractivity contribution in [1.82, 2.24) is 5.32 Å². The van der Waals surface area contributed by atoms with E-state index < -0.39 is 0 Å². The van der Waals surface area contributed by atoms with Crippen LogP contribution in [0.25, 0.3) is 0 Å². The van der Waals surface area contributed by atoms with Gasteiger partial charge in [-0.25, -0.2) is 0 Å². The number of carbonyl (C=O) groups is 1. The minimum absolute atomic E-state index is 0.112. The van der Waals surface area contributed by atoms with Crippen LogP contribution in [0, 0.1) is 11.8 Å². The van der Waals surface area contributed by atoms with Crippen molar-refractivity contribution in [2.24, 2.45) is 5.73 Å². The fourth-order valence-corrected chi connectivity index (χ4v) is 1.34. The maximum Gasteiger partial charge on any atom is 0.252 e. The Morgan fingerprint density at radius 1 is 1.35 bits per heavy atom. The van der Waals surface area contributed by atoms with E-state index in [-0.39, 0.29) is 18.0 Å². The summed E-state index contributed by atoms with van der Waals surface area (Å²) in [6.45, 7) is 6.12. The number of nitrogens with two attached hydrogens (primary N) is 1. The maximum absolute atomic E-state index is 12.0. The number of hydrogen-bond acceptors (Lipinski definition) is 2. The molecule has 0 radical (unpaired) electrons. The van der Waals surface area contributed by atoms with Crippen LogP contribution >= 0.6 is 0 Å². The van der Waals surface area contributed by atoms with E-state index in [1.807, 2.05) is 39.0 Å². The molecule has 1 amide bonds. The average molecular weight is 230 g/mol. The van der Waals surface area contributed by atoms with Gasteiger partial charge in [-0.15, -0.1) is 0 Å². The highest BCUT2D eigenvalue weighted by molar-refractivity contribution is 5.97. The van der Waals surface area contributed by atoms with Gasteiger partial charge < -0.3 is 11.1 Å². The van der Waals surface area contributed by atoms with Gasteiger partial charge in [-0.05, 0) is 32.9 Å². The number of nitrogens with one attached hydrogen (secondary N) is 1. The van der Waals surface area contributed by atoms with E-state index >= 15 is 0 Å². The summed E-state index contributed by atoms with van der Waals surface area (Å²) in [5.41, 5.74) is 6.37. The van der Waals surface area contributed by atoms with Gasteiger partial charge in [-0.2, -0.15) is 0 Å². The van der Waals surface area contributed by atoms with Gasteiger partial charge in [-0.1, -0.05) is 24.0 Å². The minimum atomic E-state index is -0.258. The monoisotopic (exact) mass is 230 g/mol. The standard InChI is InChI=1S/C14H18N2O/c1-14(2,3)16-13(17)12-9-5-4-7-11(12)8-6-10-15/h4-5,7,9H,10,15H2,1-3H3,(H,16,17). The molecule has 0 spiro atoms. The predicted octanol–water partition coefficient (Wildman–Crippen LogP) is 1.53. The second kappa shape index (κ2) is 5.51. The molecule has 0 aromatic heterocycles. The summed E-state index contributed by atoms with van der Waals surface area (Å²) in [7, 11) is 0. The van der Waals surface area contributed by atoms with E-state index in [4.69, 9.17) is 5.73 Å². The van der Waals surface area contributed by atoms with Gasteiger partial charge in [0.15, 0.2) is 0 Å². The van der Waals surface area contributed by atoms with Crippen LogP contribution in [0.2, 0.25) is 0 Å². The van der Waals surface area contributed by atoms with Crippen molar-refractivity contribution in [2.45, 2.75) is 26.3 Å². The highest BCUT2D eigenvalue weighted by atomic mass is 16.1. The van der Waals surface area contributed by atoms with E-state index in [0.717, 1.165) is 0 Å². The average Bonchev–Trinajstić information content (AvgIpc) is 2.24. The Morgan fingerprint density at radius 2 is 2.00 bits per heavy atom. The molecule has 0 saturated heterocycles. The number of hydrogen-bond donors (Lipinski definition) is 2. The van der Waals surface area contributed by atoms with Crippen LogP contribution in [0.3, 0.4) is 0 Å². The first kappa shape index (κ1) is 13.3. The molecule has 0 fully saturated rings. The van der Waals surface area contributed by atoms with Crippen LogP contribution in [-0.4, -0.2) is 18.0 Å². The lowest BCUT2D eigenvalue weighted by atomic mass is 10.0. The zero-order valence-corrected chi connectivity index (χ0v) is 10.5. The van der Waals surface area contributed by atoms with E-state index in [2.05, 4.69) is 17.2 Å². The lowest BCUT2D eigenvalue weighted by molar-refractivity contribution is 0.0919. The van der Waals surface area contributed by atoms with E-state index in [0.29, 0.717) is 11.1 Å². The summed E-state index contributed by atoms with van der Waals surface area (Å²) in [5, 5.41) is 2.91. The zero-order valence-electron chi connectivity index (χ0n) is 10.5. The van der Waals surface area contributed by atoms with Gasteiger partial charge in [0.1, 0.15) is 0 Å². The number of rotatable bonds is 1. The second-order valence-electron chi connectivity index (χ2n) is 4.76. The summed E-state index contributed by atoms with van der Waals surface area (Å²) >= 11 is 0. The minimum Gasteiger partial charge on any atom is -0.347 e. The molecule has 0 aliphatic heterocycles. The summed E-state index contributed by atoms with van der Waals surface area (Å²) < 4.78 is 0. The largest absolute Gasteiger partial charge is 0.347 e. The van der Waals surface area contributed by atoms with Gasteiger partial charge in [0.2, 0.25) is 0 Å². The zero-order chi connectivity index (χ0) is 12.9. The molecule has 3 heteroatoms. The van der Waals surface area contributed by atoms with Crippen molar-refractivity contribution in [1.29, 1.82) is 0 Å². The Bertz CT molecular complexity index is 461. The summed E-state index contributed by atoms with van der Waals surface area (Å²) in [5.74, 6) is 5.55. The molecule has 0 atom stereocenters. The summed E-state index contributed by atoms with van der Waals surface area (Å²) in [4.78, 5) is 12.0. The molecule has 0 bridgehead atoms. The molecule has 1 rings (SSSR count). The van der Waals surface area contributed by atoms with Crippen LogP contribution in [-0.2, 0) is 0 Å². The van der Waals surface area contributed by atoms with E-state index in [1.54, 1.807) is 6.07 Å². The molecule has 90 valence electrons. The quantitative estimate of drug-likeness (QED) is 0.719. The molecular weight excluding hydrogens is 212 g/mol. The molecule has 3 nitrogen and oxygen atoms in total. The van der Waals surface area contributed by atoms with Gasteiger partial charge in [0.05, 0.1) is 12.1 Å². The molecule has 1 aromatic carbocycles. The maximum atomic E-state index is 12.0. The van der Waals surface area contributed by atoms with Gasteiger partial charge in [-0.3, -0.25) is 4.79 Å². The lowest BCUT2D eigenvalue weighted by Gasteiger charge is -2.20. The van der Waals surface area contributed by atoms with Crippen LogP contribution in [0.5, 0.6) is 0 Å². The van der Waals surface area contributed by atoms with Crippen LogP contribution in [0.4, 0.5) is 0 Å². The number of carbonyl (C=O) groups excluding carboxylic acids is 1. The fourth-order valence-electron chi connectivity index (χ4n) is 1.34. The van der Waals surface area contributed by atoms with Crippen LogP contribution in [0.1, 0.15) is 36.7 Å². The second-order valence-corrected chi connectivity index (χ2v) is 4.76. The Morgan fingerprint density at radius 3 is 2.59 bits per heavy atom. The molecule has 0 aliphatic rings. The third-order valence-corrected chi connectivity index (χ3v) is 1.99. The van der Waals surface area contributed by atoms with Crippen molar-refractivity contribution in [3.05, 3.63) is 35.4 Å². The van der Waals surface area contributed by atoms with Gasteiger partial charge in [0.25, 0.3) is 5.91 Å². The Balaban J connectivity index is 3.01. The first-order valence-electron chi connectivity index (χ1n) is 5.54. The number of amides is 1. The van der Waals surface area contributed by atoms with E-state index in [9.17, 15) is 4.79 Å². The predicted molar refractivity (Wildman–Crippen MR) is 69.6 cm³/mol. The Kier molecular flexibility index (Phi) is 4.30. The molecule has 0 saturated carbocycles. The topological polar surface area (TPSA) is 55.1 Å². The molecule has 1 aromatic rings. The van der Waals surface area contributed by atoms with Crippen LogP contribution < -0.4 is 11.1 Å². The highest BCUT2D eigenvalue weighted by Crippen LogP contribution is 2.09. The Hall–Kier alpha value is -1.79. The summed E-state index contributed by atoms with van der Waals surface area (Å²) in [6, 6.07) is 7.27. The third-order valence-electron chi connectivity index (χ3n) is 1.99. The fraction of sp³-hybridized carbons (Fsp3) is 0.357. The lowest BCUT2D eigenvalue weighted by Crippen LogP contribution is -2.40. The van der Waals surface area contributed by atoms with Crippen molar-refractivity contribution >= 4 is 5.91 Å². The van der Waals surface area contributed by atoms with Crippen LogP contribution in [0.15, 0.2) is 24.3 Å². The van der Waals surface area contributed by atoms with E-state index in [1.165, 1.54) is 0 Å². The van der Waals surface area contributed by atoms with Crippen molar-refractivity contribution in [2.75, 3.05) is 6.54 Å². The highest BCUT2D eigenvalue weighted by Gasteiger charge is 2.16. The molecular formula is C14H18N2O. The molecule has 0 aliphatic carbocycles. The van der Waals surface area contributed by atoms with Gasteiger partial charge in [0, 0.05) is 11.1 Å². The van der Waals surface area contributed by atoms with Crippen molar-refractivity contribution < 1.29 is 4.79 Å². The van der Waals surface area contributed by atoms with Crippen molar-refractivity contribution in [3.8, 4) is 11.8 Å². The van der Waals surface area contributed by atoms with Gasteiger partial charge >= 0.3 is 0 Å².